The number of carbonyl (C=O) groups is 2. The Balaban J connectivity index is 0.000000479. The molecule has 12 heteroatoms. The fourth-order valence-electron chi connectivity index (χ4n) is 3.69. The first kappa shape index (κ1) is 26.5. The molecule has 33 heavy (non-hydrogen) atoms. The van der Waals surface area contributed by atoms with Crippen molar-refractivity contribution in [2.45, 2.75) is 45.3 Å². The Morgan fingerprint density at radius 2 is 1.97 bits per heavy atom. The number of amides is 1. The number of alkyl halides is 3. The number of carboxylic acids is 1. The summed E-state index contributed by atoms with van der Waals surface area (Å²) < 4.78 is 38.9. The molecule has 1 amide bonds. The van der Waals surface area contributed by atoms with Crippen molar-refractivity contribution in [2.24, 2.45) is 0 Å². The van der Waals surface area contributed by atoms with E-state index in [4.69, 9.17) is 14.6 Å². The van der Waals surface area contributed by atoms with Crippen LogP contribution in [0.4, 0.5) is 13.2 Å². The Kier molecular flexibility index (Phi) is 9.17. The average Bonchev–Trinajstić information content (AvgIpc) is 3.38. The maximum Gasteiger partial charge on any atom is 0.490 e. The minimum Gasteiger partial charge on any atom is -0.475 e. The van der Waals surface area contributed by atoms with E-state index in [9.17, 15) is 18.0 Å². The van der Waals surface area contributed by atoms with Crippen molar-refractivity contribution in [1.29, 1.82) is 0 Å². The minimum atomic E-state index is -5.08. The van der Waals surface area contributed by atoms with E-state index in [0.717, 1.165) is 44.1 Å². The molecule has 1 fully saturated rings. The van der Waals surface area contributed by atoms with Gasteiger partial charge in [-0.25, -0.2) is 4.79 Å². The molecule has 0 aromatic carbocycles. The third kappa shape index (κ3) is 6.87. The largest absolute Gasteiger partial charge is 0.490 e. The van der Waals surface area contributed by atoms with Crippen molar-refractivity contribution < 1.29 is 32.6 Å². The van der Waals surface area contributed by atoms with Crippen molar-refractivity contribution >= 4 is 17.5 Å². The normalized spacial score (nSPS) is 16.7. The van der Waals surface area contributed by atoms with Crippen LogP contribution in [0.2, 0.25) is 0 Å². The zero-order valence-corrected chi connectivity index (χ0v) is 19.2. The number of fused-ring (bicyclic) bond motifs is 1. The van der Waals surface area contributed by atoms with Gasteiger partial charge >= 0.3 is 12.1 Å². The Bertz CT molecular complexity index is 948. The van der Waals surface area contributed by atoms with Crippen LogP contribution in [-0.4, -0.2) is 93.5 Å². The highest BCUT2D eigenvalue weighted by Gasteiger charge is 2.38. The van der Waals surface area contributed by atoms with Gasteiger partial charge in [0.25, 0.3) is 5.91 Å². The van der Waals surface area contributed by atoms with E-state index in [0.29, 0.717) is 18.0 Å². The van der Waals surface area contributed by atoms with Gasteiger partial charge in [0.05, 0.1) is 12.2 Å². The summed E-state index contributed by atoms with van der Waals surface area (Å²) in [5, 5.41) is 15.8. The summed E-state index contributed by atoms with van der Waals surface area (Å²) in [5.41, 5.74) is 1.47. The lowest BCUT2D eigenvalue weighted by Gasteiger charge is -2.25. The third-order valence-corrected chi connectivity index (χ3v) is 5.39. The summed E-state index contributed by atoms with van der Waals surface area (Å²) in [4.78, 5) is 26.0. The molecule has 1 atom stereocenters. The standard InChI is InChI=1S/C19H29N5O2.C2HF3O2/c1-5-23(14(2)3)19(25)16-6-7-17-20-21-18(24(17)13-16)15-8-9-22(12-15)10-11-26-4;3-2(4,5)1(6)7/h6-7,13-15H,5,8-12H2,1-4H3;(H,6,7). The van der Waals surface area contributed by atoms with Gasteiger partial charge in [-0.15, -0.1) is 10.2 Å². The molecule has 0 saturated carbocycles. The number of carboxylic acid groups (broad SMARTS) is 1. The van der Waals surface area contributed by atoms with Gasteiger partial charge in [-0.05, 0) is 45.9 Å². The lowest BCUT2D eigenvalue weighted by molar-refractivity contribution is -0.192. The fourth-order valence-corrected chi connectivity index (χ4v) is 3.69. The number of hydrogen-bond acceptors (Lipinski definition) is 6. The monoisotopic (exact) mass is 473 g/mol. The fraction of sp³-hybridized carbons (Fsp3) is 0.619. The SMILES string of the molecule is CCN(C(=O)c1ccc2nnc(C3CCN(CCOC)C3)n2c1)C(C)C.O=C(O)C(F)(F)F. The van der Waals surface area contributed by atoms with E-state index in [2.05, 4.69) is 15.1 Å². The molecule has 1 N–H and O–H groups in total. The van der Waals surface area contributed by atoms with E-state index < -0.39 is 12.1 Å². The van der Waals surface area contributed by atoms with Gasteiger partial charge in [-0.1, -0.05) is 0 Å². The van der Waals surface area contributed by atoms with Crippen LogP contribution < -0.4 is 0 Å². The number of aromatic nitrogens is 3. The quantitative estimate of drug-likeness (QED) is 0.660. The van der Waals surface area contributed by atoms with Crippen LogP contribution in [0.5, 0.6) is 0 Å². The molecule has 1 aliphatic rings. The Morgan fingerprint density at radius 3 is 2.52 bits per heavy atom. The first-order valence-corrected chi connectivity index (χ1v) is 10.7. The molecule has 1 unspecified atom stereocenters. The average molecular weight is 473 g/mol. The molecular weight excluding hydrogens is 443 g/mol. The van der Waals surface area contributed by atoms with Crippen molar-refractivity contribution in [1.82, 2.24) is 24.4 Å². The van der Waals surface area contributed by atoms with Gasteiger partial charge in [0.2, 0.25) is 0 Å². The van der Waals surface area contributed by atoms with Gasteiger partial charge in [-0.2, -0.15) is 13.2 Å². The van der Waals surface area contributed by atoms with Gasteiger partial charge in [-0.3, -0.25) is 9.20 Å². The zero-order valence-electron chi connectivity index (χ0n) is 19.2. The molecule has 0 spiro atoms. The Labute approximate surface area is 190 Å². The molecule has 9 nitrogen and oxygen atoms in total. The van der Waals surface area contributed by atoms with Crippen LogP contribution in [-0.2, 0) is 9.53 Å². The molecule has 3 heterocycles. The van der Waals surface area contributed by atoms with Gasteiger partial charge in [0.1, 0.15) is 5.82 Å². The smallest absolute Gasteiger partial charge is 0.475 e. The van der Waals surface area contributed by atoms with Crippen LogP contribution in [0.3, 0.4) is 0 Å². The number of methoxy groups -OCH3 is 1. The van der Waals surface area contributed by atoms with Crippen LogP contribution >= 0.6 is 0 Å². The summed E-state index contributed by atoms with van der Waals surface area (Å²) in [7, 11) is 1.73. The second kappa shape index (κ2) is 11.4. The van der Waals surface area contributed by atoms with Crippen molar-refractivity contribution in [3.8, 4) is 0 Å². The van der Waals surface area contributed by atoms with Gasteiger partial charge < -0.3 is 19.6 Å². The topological polar surface area (TPSA) is 100 Å². The van der Waals surface area contributed by atoms with E-state index in [1.807, 2.05) is 48.4 Å². The number of likely N-dealkylation sites (tertiary alicyclic amines) is 1. The van der Waals surface area contributed by atoms with Crippen molar-refractivity contribution in [3.05, 3.63) is 29.7 Å². The van der Waals surface area contributed by atoms with E-state index in [1.165, 1.54) is 0 Å². The summed E-state index contributed by atoms with van der Waals surface area (Å²) in [6.07, 6.45) is -2.13. The van der Waals surface area contributed by atoms with Crippen LogP contribution in [0.15, 0.2) is 18.3 Å². The number of ether oxygens (including phenoxy) is 1. The molecule has 1 saturated heterocycles. The highest BCUT2D eigenvalue weighted by molar-refractivity contribution is 5.94. The van der Waals surface area contributed by atoms with E-state index in [1.54, 1.807) is 7.11 Å². The lowest BCUT2D eigenvalue weighted by atomic mass is 10.1. The number of hydrogen-bond donors (Lipinski definition) is 1. The number of pyridine rings is 1. The molecular formula is C21H30F3N5O4. The Hall–Kier alpha value is -2.73. The number of halogens is 3. The molecule has 1 aliphatic heterocycles. The van der Waals surface area contributed by atoms with Crippen LogP contribution in [0.1, 0.15) is 49.3 Å². The highest BCUT2D eigenvalue weighted by atomic mass is 19.4. The van der Waals surface area contributed by atoms with Crippen molar-refractivity contribution in [3.63, 3.8) is 0 Å². The summed E-state index contributed by atoms with van der Waals surface area (Å²) in [6.45, 7) is 10.5. The van der Waals surface area contributed by atoms with Crippen LogP contribution in [0, 0.1) is 0 Å². The molecule has 3 rings (SSSR count). The van der Waals surface area contributed by atoms with E-state index in [-0.39, 0.29) is 11.9 Å². The Morgan fingerprint density at radius 1 is 1.30 bits per heavy atom. The summed E-state index contributed by atoms with van der Waals surface area (Å²) >= 11 is 0. The first-order chi connectivity index (χ1) is 15.5. The highest BCUT2D eigenvalue weighted by Crippen LogP contribution is 2.26. The third-order valence-electron chi connectivity index (χ3n) is 5.39. The maximum atomic E-state index is 12.8. The van der Waals surface area contributed by atoms with Crippen molar-refractivity contribution in [2.75, 3.05) is 39.9 Å². The molecule has 0 aliphatic carbocycles. The minimum absolute atomic E-state index is 0.0530. The number of aliphatic carboxylic acids is 1. The predicted octanol–water partition coefficient (Wildman–Crippen LogP) is 2.67. The summed E-state index contributed by atoms with van der Waals surface area (Å²) in [5.74, 6) is -1.42. The second-order valence-corrected chi connectivity index (χ2v) is 7.97. The number of rotatable bonds is 7. The number of nitrogens with zero attached hydrogens (tertiary/aromatic N) is 5. The van der Waals surface area contributed by atoms with Crippen LogP contribution in [0.25, 0.3) is 5.65 Å². The molecule has 2 aromatic rings. The van der Waals surface area contributed by atoms with Gasteiger partial charge in [0, 0.05) is 44.9 Å². The predicted molar refractivity (Wildman–Crippen MR) is 114 cm³/mol. The second-order valence-electron chi connectivity index (χ2n) is 7.97. The first-order valence-electron chi connectivity index (χ1n) is 10.7. The summed E-state index contributed by atoms with van der Waals surface area (Å²) in [6, 6.07) is 3.91. The lowest BCUT2D eigenvalue weighted by Crippen LogP contribution is -2.36. The molecule has 0 radical (unpaired) electrons. The molecule has 0 bridgehead atoms. The zero-order chi connectivity index (χ0) is 24.8. The number of carbonyl (C=O) groups excluding carboxylic acids is 1. The van der Waals surface area contributed by atoms with E-state index >= 15 is 0 Å². The molecule has 2 aromatic heterocycles. The van der Waals surface area contributed by atoms with Gasteiger partial charge in [0.15, 0.2) is 5.65 Å². The maximum absolute atomic E-state index is 12.8. The molecule has 184 valence electrons.